The lowest BCUT2D eigenvalue weighted by atomic mass is 10.2. The number of carbonyl (C=O) groups is 1. The van der Waals surface area contributed by atoms with E-state index in [0.717, 1.165) is 10.7 Å². The van der Waals surface area contributed by atoms with Crippen LogP contribution in [0.25, 0.3) is 11.5 Å². The second-order valence-corrected chi connectivity index (χ2v) is 6.49. The number of amides is 1. The monoisotopic (exact) mass is 331 g/mol. The maximum absolute atomic E-state index is 12.3. The standard InChI is InChI=1S/C16H17N3O3S/c1-9(2)16-18-10(3)14(23-16)15(20)17-8-11-7-13(22-19-11)12-5-4-6-21-12/h4-7,9H,8H2,1-3H3,(H,17,20). The molecule has 7 heteroatoms. The first-order valence-electron chi connectivity index (χ1n) is 7.29. The zero-order valence-corrected chi connectivity index (χ0v) is 13.9. The second-order valence-electron chi connectivity index (χ2n) is 5.46. The molecule has 0 spiro atoms. The third-order valence-corrected chi connectivity index (χ3v) is 4.72. The first-order chi connectivity index (χ1) is 11.0. The largest absolute Gasteiger partial charge is 0.461 e. The highest BCUT2D eigenvalue weighted by molar-refractivity contribution is 7.13. The summed E-state index contributed by atoms with van der Waals surface area (Å²) in [5.74, 6) is 1.31. The molecule has 1 N–H and O–H groups in total. The quantitative estimate of drug-likeness (QED) is 0.770. The summed E-state index contributed by atoms with van der Waals surface area (Å²) in [4.78, 5) is 17.4. The number of hydrogen-bond acceptors (Lipinski definition) is 6. The van der Waals surface area contributed by atoms with Gasteiger partial charge in [-0.25, -0.2) is 4.98 Å². The molecule has 6 nitrogen and oxygen atoms in total. The van der Waals surface area contributed by atoms with Crippen LogP contribution in [0.1, 0.15) is 45.8 Å². The fourth-order valence-corrected chi connectivity index (χ4v) is 3.04. The van der Waals surface area contributed by atoms with E-state index in [-0.39, 0.29) is 12.5 Å². The normalized spacial score (nSPS) is 11.1. The topological polar surface area (TPSA) is 81.2 Å². The van der Waals surface area contributed by atoms with Gasteiger partial charge in [-0.15, -0.1) is 11.3 Å². The Balaban J connectivity index is 1.65. The fraction of sp³-hybridized carbons (Fsp3) is 0.312. The van der Waals surface area contributed by atoms with Crippen molar-refractivity contribution in [1.82, 2.24) is 15.5 Å². The van der Waals surface area contributed by atoms with Gasteiger partial charge in [0.15, 0.2) is 5.76 Å². The SMILES string of the molecule is Cc1nc(C(C)C)sc1C(=O)NCc1cc(-c2ccco2)on1. The molecule has 0 saturated heterocycles. The molecule has 0 bridgehead atoms. The summed E-state index contributed by atoms with van der Waals surface area (Å²) in [7, 11) is 0. The number of carbonyl (C=O) groups excluding carboxylic acids is 1. The number of furan rings is 1. The van der Waals surface area contributed by atoms with Crippen molar-refractivity contribution in [2.45, 2.75) is 33.2 Å². The van der Waals surface area contributed by atoms with Crippen molar-refractivity contribution in [2.75, 3.05) is 0 Å². The zero-order valence-electron chi connectivity index (χ0n) is 13.1. The van der Waals surface area contributed by atoms with Crippen molar-refractivity contribution in [1.29, 1.82) is 0 Å². The number of rotatable bonds is 5. The number of aryl methyl sites for hydroxylation is 1. The van der Waals surface area contributed by atoms with Crippen molar-refractivity contribution in [3.05, 3.63) is 45.7 Å². The first-order valence-corrected chi connectivity index (χ1v) is 8.11. The van der Waals surface area contributed by atoms with E-state index < -0.39 is 0 Å². The van der Waals surface area contributed by atoms with Gasteiger partial charge in [-0.1, -0.05) is 19.0 Å². The number of hydrogen-bond donors (Lipinski definition) is 1. The molecule has 3 aromatic rings. The van der Waals surface area contributed by atoms with Crippen LogP contribution < -0.4 is 5.32 Å². The van der Waals surface area contributed by atoms with Crippen molar-refractivity contribution in [3.63, 3.8) is 0 Å². The molecule has 0 atom stereocenters. The average molecular weight is 331 g/mol. The molecule has 120 valence electrons. The van der Waals surface area contributed by atoms with Gasteiger partial charge in [0.05, 0.1) is 23.5 Å². The Hall–Kier alpha value is -2.41. The predicted octanol–water partition coefficient (Wildman–Crippen LogP) is 3.75. The van der Waals surface area contributed by atoms with E-state index in [1.807, 2.05) is 6.92 Å². The van der Waals surface area contributed by atoms with Crippen LogP contribution in [0.3, 0.4) is 0 Å². The van der Waals surface area contributed by atoms with Crippen molar-refractivity contribution in [2.24, 2.45) is 0 Å². The number of nitrogens with zero attached hydrogens (tertiary/aromatic N) is 2. The summed E-state index contributed by atoms with van der Waals surface area (Å²) in [5.41, 5.74) is 1.39. The minimum Gasteiger partial charge on any atom is -0.461 e. The van der Waals surface area contributed by atoms with Crippen LogP contribution in [-0.2, 0) is 6.54 Å². The molecule has 0 radical (unpaired) electrons. The highest BCUT2D eigenvalue weighted by Crippen LogP contribution is 2.24. The van der Waals surface area contributed by atoms with Crippen LogP contribution in [0.2, 0.25) is 0 Å². The molecule has 0 aliphatic heterocycles. The highest BCUT2D eigenvalue weighted by atomic mass is 32.1. The Kier molecular flexibility index (Phi) is 4.29. The van der Waals surface area contributed by atoms with Gasteiger partial charge in [0.2, 0.25) is 5.76 Å². The van der Waals surface area contributed by atoms with Gasteiger partial charge < -0.3 is 14.3 Å². The summed E-state index contributed by atoms with van der Waals surface area (Å²) < 4.78 is 10.4. The molecule has 0 aromatic carbocycles. The average Bonchev–Trinajstić information content (AvgIpc) is 3.24. The third kappa shape index (κ3) is 3.34. The second kappa shape index (κ2) is 6.37. The smallest absolute Gasteiger partial charge is 0.263 e. The number of nitrogens with one attached hydrogen (secondary N) is 1. The molecule has 1 amide bonds. The van der Waals surface area contributed by atoms with Crippen LogP contribution in [0, 0.1) is 6.92 Å². The summed E-state index contributed by atoms with van der Waals surface area (Å²) >= 11 is 1.43. The lowest BCUT2D eigenvalue weighted by Gasteiger charge is -2.00. The molecule has 0 aliphatic rings. The van der Waals surface area contributed by atoms with Gasteiger partial charge in [0.1, 0.15) is 10.6 Å². The molecular formula is C16H17N3O3S. The first kappa shape index (κ1) is 15.5. The molecule has 3 rings (SSSR count). The molecule has 0 unspecified atom stereocenters. The Morgan fingerprint density at radius 2 is 2.22 bits per heavy atom. The van der Waals surface area contributed by atoms with Crippen LogP contribution in [0.4, 0.5) is 0 Å². The molecule has 0 aliphatic carbocycles. The molecule has 23 heavy (non-hydrogen) atoms. The van der Waals surface area contributed by atoms with Gasteiger partial charge in [0, 0.05) is 12.0 Å². The van der Waals surface area contributed by atoms with E-state index in [4.69, 9.17) is 8.94 Å². The van der Waals surface area contributed by atoms with E-state index in [2.05, 4.69) is 29.3 Å². The minimum absolute atomic E-state index is 0.144. The van der Waals surface area contributed by atoms with Crippen molar-refractivity contribution >= 4 is 17.2 Å². The molecular weight excluding hydrogens is 314 g/mol. The predicted molar refractivity (Wildman–Crippen MR) is 86.3 cm³/mol. The summed E-state index contributed by atoms with van der Waals surface area (Å²) in [6.45, 7) is 6.26. The minimum atomic E-state index is -0.144. The summed E-state index contributed by atoms with van der Waals surface area (Å²) in [6.07, 6.45) is 1.57. The highest BCUT2D eigenvalue weighted by Gasteiger charge is 2.17. The van der Waals surface area contributed by atoms with E-state index in [1.54, 1.807) is 24.5 Å². The Morgan fingerprint density at radius 1 is 1.39 bits per heavy atom. The fourth-order valence-electron chi connectivity index (χ4n) is 2.06. The van der Waals surface area contributed by atoms with Crippen molar-refractivity contribution in [3.8, 4) is 11.5 Å². The van der Waals surface area contributed by atoms with Crippen molar-refractivity contribution < 1.29 is 13.7 Å². The Bertz CT molecular complexity index is 803. The van der Waals surface area contributed by atoms with Gasteiger partial charge in [-0.05, 0) is 19.1 Å². The zero-order chi connectivity index (χ0) is 16.4. The Labute approximate surface area is 137 Å². The number of aromatic nitrogens is 2. The molecule has 0 fully saturated rings. The van der Waals surface area contributed by atoms with Crippen LogP contribution >= 0.6 is 11.3 Å². The van der Waals surface area contributed by atoms with Crippen LogP contribution in [0.15, 0.2) is 33.4 Å². The van der Waals surface area contributed by atoms with Crippen LogP contribution in [-0.4, -0.2) is 16.0 Å². The lowest BCUT2D eigenvalue weighted by Crippen LogP contribution is -2.22. The maximum Gasteiger partial charge on any atom is 0.263 e. The van der Waals surface area contributed by atoms with Gasteiger partial charge in [0.25, 0.3) is 5.91 Å². The van der Waals surface area contributed by atoms with E-state index in [0.29, 0.717) is 28.0 Å². The molecule has 0 saturated carbocycles. The van der Waals surface area contributed by atoms with Gasteiger partial charge >= 0.3 is 0 Å². The third-order valence-electron chi connectivity index (χ3n) is 3.27. The lowest BCUT2D eigenvalue weighted by molar-refractivity contribution is 0.0953. The maximum atomic E-state index is 12.3. The molecule has 3 heterocycles. The summed E-state index contributed by atoms with van der Waals surface area (Å²) in [6, 6.07) is 5.31. The van der Waals surface area contributed by atoms with E-state index >= 15 is 0 Å². The molecule has 3 aromatic heterocycles. The van der Waals surface area contributed by atoms with Gasteiger partial charge in [-0.2, -0.15) is 0 Å². The van der Waals surface area contributed by atoms with Gasteiger partial charge in [-0.3, -0.25) is 4.79 Å². The van der Waals surface area contributed by atoms with E-state index in [1.165, 1.54) is 11.3 Å². The van der Waals surface area contributed by atoms with E-state index in [9.17, 15) is 4.79 Å². The Morgan fingerprint density at radius 3 is 2.87 bits per heavy atom. The summed E-state index contributed by atoms with van der Waals surface area (Å²) in [5, 5.41) is 7.74. The number of thiazole rings is 1. The van der Waals surface area contributed by atoms with Crippen LogP contribution in [0.5, 0.6) is 0 Å².